The van der Waals surface area contributed by atoms with Crippen LogP contribution >= 0.6 is 0 Å². The highest BCUT2D eigenvalue weighted by Crippen LogP contribution is 2.21. The Balaban J connectivity index is 2.43. The number of aromatic nitrogens is 3. The van der Waals surface area contributed by atoms with Gasteiger partial charge in [0.15, 0.2) is 11.3 Å². The Bertz CT molecular complexity index is 581. The molecule has 0 aliphatic rings. The normalized spacial score (nSPS) is 11.8. The predicted molar refractivity (Wildman–Crippen MR) is 67.6 cm³/mol. The van der Waals surface area contributed by atoms with E-state index in [1.54, 1.807) is 17.5 Å². The summed E-state index contributed by atoms with van der Waals surface area (Å²) in [4.78, 5) is 15.9. The van der Waals surface area contributed by atoms with E-state index in [0.717, 1.165) is 5.56 Å². The molecule has 0 fully saturated rings. The number of hydrogen-bond acceptors (Lipinski definition) is 4. The summed E-state index contributed by atoms with van der Waals surface area (Å²) in [5.41, 5.74) is 1.99. The minimum atomic E-state index is -0.416. The van der Waals surface area contributed by atoms with Crippen molar-refractivity contribution in [3.05, 3.63) is 29.7 Å². The van der Waals surface area contributed by atoms with Crippen LogP contribution in [0.1, 0.15) is 43.7 Å². The zero-order valence-electron chi connectivity index (χ0n) is 11.1. The van der Waals surface area contributed by atoms with Crippen LogP contribution in [-0.2, 0) is 10.2 Å². The highest BCUT2D eigenvalue weighted by Gasteiger charge is 2.17. The van der Waals surface area contributed by atoms with E-state index in [-0.39, 0.29) is 11.1 Å². The fourth-order valence-electron chi connectivity index (χ4n) is 1.57. The largest absolute Gasteiger partial charge is 0.461 e. The van der Waals surface area contributed by atoms with Gasteiger partial charge in [-0.3, -0.25) is 0 Å². The van der Waals surface area contributed by atoms with E-state index < -0.39 is 5.97 Å². The molecule has 96 valence electrons. The molecule has 0 spiro atoms. The van der Waals surface area contributed by atoms with Crippen molar-refractivity contribution in [3.63, 3.8) is 0 Å². The van der Waals surface area contributed by atoms with Gasteiger partial charge in [-0.15, -0.1) is 0 Å². The number of rotatable bonds is 2. The van der Waals surface area contributed by atoms with Crippen LogP contribution in [0.15, 0.2) is 18.5 Å². The fourth-order valence-corrected chi connectivity index (χ4v) is 1.57. The van der Waals surface area contributed by atoms with E-state index >= 15 is 0 Å². The van der Waals surface area contributed by atoms with Gasteiger partial charge in [-0.05, 0) is 17.9 Å². The molecule has 18 heavy (non-hydrogen) atoms. The number of fused-ring (bicyclic) bond motifs is 1. The average molecular weight is 247 g/mol. The van der Waals surface area contributed by atoms with Gasteiger partial charge in [0.1, 0.15) is 0 Å². The maximum absolute atomic E-state index is 11.6. The smallest absolute Gasteiger partial charge is 0.358 e. The molecule has 0 amide bonds. The third kappa shape index (κ3) is 2.34. The summed E-state index contributed by atoms with van der Waals surface area (Å²) in [5, 5.41) is 4.19. The second kappa shape index (κ2) is 4.40. The number of carbonyl (C=O) groups is 1. The van der Waals surface area contributed by atoms with Crippen LogP contribution < -0.4 is 0 Å². The summed E-state index contributed by atoms with van der Waals surface area (Å²) in [7, 11) is 0. The molecule has 0 aromatic carbocycles. The van der Waals surface area contributed by atoms with Gasteiger partial charge in [-0.2, -0.15) is 5.10 Å². The van der Waals surface area contributed by atoms with Crippen LogP contribution in [0.2, 0.25) is 0 Å². The van der Waals surface area contributed by atoms with Gasteiger partial charge in [-0.25, -0.2) is 14.3 Å². The molecular weight excluding hydrogens is 230 g/mol. The lowest BCUT2D eigenvalue weighted by atomic mass is 9.89. The van der Waals surface area contributed by atoms with E-state index in [1.165, 1.54) is 0 Å². The van der Waals surface area contributed by atoms with Gasteiger partial charge < -0.3 is 4.74 Å². The van der Waals surface area contributed by atoms with E-state index in [1.807, 2.05) is 12.4 Å². The van der Waals surface area contributed by atoms with Crippen molar-refractivity contribution in [1.29, 1.82) is 0 Å². The van der Waals surface area contributed by atoms with Crippen LogP contribution in [0.25, 0.3) is 5.65 Å². The topological polar surface area (TPSA) is 56.5 Å². The number of esters is 1. The summed E-state index contributed by atoms with van der Waals surface area (Å²) < 4.78 is 6.53. The van der Waals surface area contributed by atoms with Crippen molar-refractivity contribution in [2.45, 2.75) is 33.1 Å². The molecular formula is C13H17N3O2. The Morgan fingerprint density at radius 3 is 2.78 bits per heavy atom. The Morgan fingerprint density at radius 1 is 1.44 bits per heavy atom. The van der Waals surface area contributed by atoms with Crippen LogP contribution in [0.5, 0.6) is 0 Å². The Morgan fingerprint density at radius 2 is 2.17 bits per heavy atom. The van der Waals surface area contributed by atoms with Crippen molar-refractivity contribution < 1.29 is 9.53 Å². The van der Waals surface area contributed by atoms with Crippen molar-refractivity contribution in [1.82, 2.24) is 14.6 Å². The zero-order valence-corrected chi connectivity index (χ0v) is 11.1. The van der Waals surface area contributed by atoms with E-state index in [2.05, 4.69) is 30.9 Å². The Labute approximate surface area is 106 Å². The van der Waals surface area contributed by atoms with Gasteiger partial charge in [-0.1, -0.05) is 20.8 Å². The van der Waals surface area contributed by atoms with Crippen LogP contribution in [-0.4, -0.2) is 27.2 Å². The molecule has 0 N–H and O–H groups in total. The average Bonchev–Trinajstić information content (AvgIpc) is 2.70. The summed E-state index contributed by atoms with van der Waals surface area (Å²) in [6, 6.07) is 1.63. The minimum absolute atomic E-state index is 0.00275. The van der Waals surface area contributed by atoms with E-state index in [0.29, 0.717) is 12.3 Å². The summed E-state index contributed by atoms with van der Waals surface area (Å²) >= 11 is 0. The highest BCUT2D eigenvalue weighted by atomic mass is 16.5. The number of carbonyl (C=O) groups excluding carboxylic acids is 1. The fraction of sp³-hybridized carbons (Fsp3) is 0.462. The Hall–Kier alpha value is -1.91. The molecule has 5 heteroatoms. The predicted octanol–water partition coefficient (Wildman–Crippen LogP) is 2.20. The SMILES string of the molecule is CCOC(=O)c1cc2ncc(C(C)(C)C)cn2n1. The summed E-state index contributed by atoms with van der Waals surface area (Å²) in [5.74, 6) is -0.416. The third-order valence-corrected chi connectivity index (χ3v) is 2.66. The van der Waals surface area contributed by atoms with Gasteiger partial charge in [0.05, 0.1) is 6.61 Å². The summed E-state index contributed by atoms with van der Waals surface area (Å²) in [6.07, 6.45) is 3.71. The van der Waals surface area contributed by atoms with E-state index in [9.17, 15) is 4.79 Å². The molecule has 2 heterocycles. The third-order valence-electron chi connectivity index (χ3n) is 2.66. The van der Waals surface area contributed by atoms with Gasteiger partial charge in [0, 0.05) is 18.5 Å². The molecule has 0 aliphatic heterocycles. The number of hydrogen-bond donors (Lipinski definition) is 0. The second-order valence-corrected chi connectivity index (χ2v) is 5.15. The molecule has 0 atom stereocenters. The van der Waals surface area contributed by atoms with Crippen molar-refractivity contribution >= 4 is 11.6 Å². The minimum Gasteiger partial charge on any atom is -0.461 e. The number of ether oxygens (including phenoxy) is 1. The summed E-state index contributed by atoms with van der Waals surface area (Å²) in [6.45, 7) is 8.42. The molecule has 0 saturated heterocycles. The molecule has 2 aromatic rings. The highest BCUT2D eigenvalue weighted by molar-refractivity contribution is 5.88. The molecule has 5 nitrogen and oxygen atoms in total. The van der Waals surface area contributed by atoms with Crippen molar-refractivity contribution in [2.75, 3.05) is 6.61 Å². The lowest BCUT2D eigenvalue weighted by molar-refractivity contribution is 0.0519. The molecule has 0 bridgehead atoms. The van der Waals surface area contributed by atoms with Gasteiger partial charge in [0.2, 0.25) is 0 Å². The number of nitrogens with zero attached hydrogens (tertiary/aromatic N) is 3. The van der Waals surface area contributed by atoms with Gasteiger partial charge >= 0.3 is 5.97 Å². The lowest BCUT2D eigenvalue weighted by Gasteiger charge is -2.17. The van der Waals surface area contributed by atoms with Crippen LogP contribution in [0.4, 0.5) is 0 Å². The maximum Gasteiger partial charge on any atom is 0.358 e. The molecule has 0 unspecified atom stereocenters. The monoisotopic (exact) mass is 247 g/mol. The standard InChI is InChI=1S/C13H17N3O2/c1-5-18-12(17)10-6-11-14-7-9(13(2,3)4)8-16(11)15-10/h6-8H,5H2,1-4H3. The molecule has 0 saturated carbocycles. The molecule has 2 aromatic heterocycles. The first-order chi connectivity index (χ1) is 8.41. The van der Waals surface area contributed by atoms with Gasteiger partial charge in [0.25, 0.3) is 0 Å². The second-order valence-electron chi connectivity index (χ2n) is 5.15. The molecule has 0 aliphatic carbocycles. The first-order valence-corrected chi connectivity index (χ1v) is 5.95. The first-order valence-electron chi connectivity index (χ1n) is 5.95. The maximum atomic E-state index is 11.6. The van der Waals surface area contributed by atoms with E-state index in [4.69, 9.17) is 4.74 Å². The van der Waals surface area contributed by atoms with Crippen molar-refractivity contribution in [3.8, 4) is 0 Å². The zero-order chi connectivity index (χ0) is 13.3. The quantitative estimate of drug-likeness (QED) is 0.763. The molecule has 2 rings (SSSR count). The lowest BCUT2D eigenvalue weighted by Crippen LogP contribution is -2.13. The van der Waals surface area contributed by atoms with Crippen LogP contribution in [0.3, 0.4) is 0 Å². The van der Waals surface area contributed by atoms with Crippen LogP contribution in [0, 0.1) is 0 Å². The first kappa shape index (κ1) is 12.5. The molecule has 0 radical (unpaired) electrons. The van der Waals surface area contributed by atoms with Crippen molar-refractivity contribution in [2.24, 2.45) is 0 Å². The Kier molecular flexibility index (Phi) is 3.07.